The van der Waals surface area contributed by atoms with Crippen LogP contribution >= 0.6 is 0 Å². The Labute approximate surface area is 185 Å². The molecule has 3 rings (SSSR count). The predicted octanol–water partition coefficient (Wildman–Crippen LogP) is 3.88. The third-order valence-corrected chi connectivity index (χ3v) is 5.11. The van der Waals surface area contributed by atoms with Gasteiger partial charge in [-0.3, -0.25) is 0 Å². The van der Waals surface area contributed by atoms with E-state index in [1.54, 1.807) is 12.1 Å². The van der Waals surface area contributed by atoms with Gasteiger partial charge in [-0.1, -0.05) is 30.3 Å². The molecule has 31 heavy (non-hydrogen) atoms. The van der Waals surface area contributed by atoms with Gasteiger partial charge < -0.3 is 14.5 Å². The number of ether oxygens (including phenoxy) is 1. The Morgan fingerprint density at radius 2 is 1.77 bits per heavy atom. The molecule has 2 aromatic carbocycles. The van der Waals surface area contributed by atoms with Crippen molar-refractivity contribution >= 4 is 5.97 Å². The van der Waals surface area contributed by atoms with Crippen molar-refractivity contribution in [2.75, 3.05) is 41.8 Å². The number of esters is 1. The largest absolute Gasteiger partial charge is 0.465 e. The molecule has 0 amide bonds. The Morgan fingerprint density at radius 1 is 1.03 bits per heavy atom. The molecule has 164 valence electrons. The Balaban J connectivity index is 1.90. The van der Waals surface area contributed by atoms with Crippen LogP contribution in [0.15, 0.2) is 54.7 Å². The minimum Gasteiger partial charge on any atom is -0.465 e. The van der Waals surface area contributed by atoms with Gasteiger partial charge in [-0.2, -0.15) is 5.10 Å². The summed E-state index contributed by atoms with van der Waals surface area (Å²) in [4.78, 5) is 16.3. The van der Waals surface area contributed by atoms with Crippen molar-refractivity contribution < 1.29 is 9.53 Å². The van der Waals surface area contributed by atoms with Gasteiger partial charge in [0.1, 0.15) is 0 Å². The van der Waals surface area contributed by atoms with E-state index in [1.165, 1.54) is 12.7 Å². The number of methoxy groups -OCH3 is 1. The second-order valence-corrected chi connectivity index (χ2v) is 8.33. The standard InChI is InChI=1S/C25H32N4O2/c1-27(2)15-7-8-19-11-13-20(14-12-19)24-22(17-28(3)4)18-29(26-24)23-10-6-9-21(16-23)25(30)31-5/h6,9-14,16,18H,7-8,15,17H2,1-5H3. The normalized spacial score (nSPS) is 11.3. The van der Waals surface area contributed by atoms with Crippen molar-refractivity contribution in [3.05, 3.63) is 71.4 Å². The second kappa shape index (κ2) is 10.4. The molecule has 0 aliphatic heterocycles. The summed E-state index contributed by atoms with van der Waals surface area (Å²) in [6.07, 6.45) is 4.25. The monoisotopic (exact) mass is 420 g/mol. The van der Waals surface area contributed by atoms with Gasteiger partial charge in [-0.05, 0) is 71.3 Å². The van der Waals surface area contributed by atoms with E-state index in [9.17, 15) is 4.79 Å². The summed E-state index contributed by atoms with van der Waals surface area (Å²) in [6, 6.07) is 16.0. The Morgan fingerprint density at radius 3 is 2.42 bits per heavy atom. The molecule has 0 aliphatic rings. The van der Waals surface area contributed by atoms with E-state index in [1.807, 2.05) is 37.1 Å². The summed E-state index contributed by atoms with van der Waals surface area (Å²) in [5.41, 5.74) is 5.86. The minimum absolute atomic E-state index is 0.354. The lowest BCUT2D eigenvalue weighted by Crippen LogP contribution is -2.13. The molecule has 0 N–H and O–H groups in total. The van der Waals surface area contributed by atoms with Crippen molar-refractivity contribution in [3.63, 3.8) is 0 Å². The highest BCUT2D eigenvalue weighted by molar-refractivity contribution is 5.89. The maximum absolute atomic E-state index is 11.9. The number of rotatable bonds is 9. The number of nitrogens with zero attached hydrogens (tertiary/aromatic N) is 4. The van der Waals surface area contributed by atoms with Crippen molar-refractivity contribution in [2.45, 2.75) is 19.4 Å². The Kier molecular flexibility index (Phi) is 7.60. The first-order valence-electron chi connectivity index (χ1n) is 10.5. The SMILES string of the molecule is COC(=O)c1cccc(-n2cc(CN(C)C)c(-c3ccc(CCCN(C)C)cc3)n2)c1. The molecule has 6 nitrogen and oxygen atoms in total. The molecule has 0 unspecified atom stereocenters. The van der Waals surface area contributed by atoms with Crippen LogP contribution in [0.3, 0.4) is 0 Å². The van der Waals surface area contributed by atoms with Gasteiger partial charge in [0.2, 0.25) is 0 Å². The summed E-state index contributed by atoms with van der Waals surface area (Å²) in [6.45, 7) is 1.86. The van der Waals surface area contributed by atoms with Crippen LogP contribution < -0.4 is 0 Å². The number of carbonyl (C=O) groups excluding carboxylic acids is 1. The van der Waals surface area contributed by atoms with Gasteiger partial charge in [-0.25, -0.2) is 9.48 Å². The molecule has 0 bridgehead atoms. The fourth-order valence-corrected chi connectivity index (χ4v) is 3.56. The van der Waals surface area contributed by atoms with Gasteiger partial charge in [0.15, 0.2) is 0 Å². The van der Waals surface area contributed by atoms with Crippen LogP contribution in [0.1, 0.15) is 27.9 Å². The third-order valence-electron chi connectivity index (χ3n) is 5.11. The number of carbonyl (C=O) groups is 1. The highest BCUT2D eigenvalue weighted by atomic mass is 16.5. The average Bonchev–Trinajstić information content (AvgIpc) is 3.16. The van der Waals surface area contributed by atoms with E-state index in [0.29, 0.717) is 5.56 Å². The number of aromatic nitrogens is 2. The van der Waals surface area contributed by atoms with Gasteiger partial charge in [0.05, 0.1) is 24.1 Å². The molecule has 0 aliphatic carbocycles. The van der Waals surface area contributed by atoms with Crippen LogP contribution in [-0.2, 0) is 17.7 Å². The van der Waals surface area contributed by atoms with E-state index in [0.717, 1.165) is 48.4 Å². The molecule has 6 heteroatoms. The lowest BCUT2D eigenvalue weighted by atomic mass is 10.0. The van der Waals surface area contributed by atoms with Crippen LogP contribution in [0, 0.1) is 0 Å². The molecule has 3 aromatic rings. The summed E-state index contributed by atoms with van der Waals surface area (Å²) < 4.78 is 6.69. The van der Waals surface area contributed by atoms with E-state index in [4.69, 9.17) is 9.84 Å². The predicted molar refractivity (Wildman–Crippen MR) is 125 cm³/mol. The molecule has 0 atom stereocenters. The fraction of sp³-hybridized carbons (Fsp3) is 0.360. The van der Waals surface area contributed by atoms with Gasteiger partial charge in [0, 0.05) is 23.9 Å². The first-order valence-corrected chi connectivity index (χ1v) is 10.5. The summed E-state index contributed by atoms with van der Waals surface area (Å²) >= 11 is 0. The van der Waals surface area contributed by atoms with E-state index in [2.05, 4.69) is 48.2 Å². The first-order chi connectivity index (χ1) is 14.9. The first kappa shape index (κ1) is 22.7. The minimum atomic E-state index is -0.354. The highest BCUT2D eigenvalue weighted by Crippen LogP contribution is 2.25. The molecule has 0 radical (unpaired) electrons. The van der Waals surface area contributed by atoms with Crippen LogP contribution in [-0.4, -0.2) is 67.4 Å². The van der Waals surface area contributed by atoms with Crippen LogP contribution in [0.4, 0.5) is 0 Å². The van der Waals surface area contributed by atoms with Crippen molar-refractivity contribution in [1.29, 1.82) is 0 Å². The topological polar surface area (TPSA) is 50.6 Å². The average molecular weight is 421 g/mol. The number of aryl methyl sites for hydroxylation is 1. The van der Waals surface area contributed by atoms with Crippen molar-refractivity contribution in [1.82, 2.24) is 19.6 Å². The van der Waals surface area contributed by atoms with E-state index < -0.39 is 0 Å². The highest BCUT2D eigenvalue weighted by Gasteiger charge is 2.14. The second-order valence-electron chi connectivity index (χ2n) is 8.33. The van der Waals surface area contributed by atoms with Crippen molar-refractivity contribution in [3.8, 4) is 16.9 Å². The summed E-state index contributed by atoms with van der Waals surface area (Å²) in [7, 11) is 9.69. The fourth-order valence-electron chi connectivity index (χ4n) is 3.56. The Hall–Kier alpha value is -2.96. The van der Waals surface area contributed by atoms with Crippen LogP contribution in [0.25, 0.3) is 16.9 Å². The molecule has 1 heterocycles. The van der Waals surface area contributed by atoms with Crippen LogP contribution in [0.5, 0.6) is 0 Å². The molecule has 0 fully saturated rings. The molecule has 0 saturated carbocycles. The maximum atomic E-state index is 11.9. The Bertz CT molecular complexity index is 1010. The van der Waals surface area contributed by atoms with Crippen LogP contribution in [0.2, 0.25) is 0 Å². The number of benzene rings is 2. The van der Waals surface area contributed by atoms with E-state index >= 15 is 0 Å². The van der Waals surface area contributed by atoms with Gasteiger partial charge >= 0.3 is 5.97 Å². The third kappa shape index (κ3) is 6.03. The molecular weight excluding hydrogens is 388 g/mol. The lowest BCUT2D eigenvalue weighted by Gasteiger charge is -2.10. The number of hydrogen-bond donors (Lipinski definition) is 0. The van der Waals surface area contributed by atoms with E-state index in [-0.39, 0.29) is 5.97 Å². The van der Waals surface area contributed by atoms with Crippen molar-refractivity contribution in [2.24, 2.45) is 0 Å². The molecule has 0 spiro atoms. The lowest BCUT2D eigenvalue weighted by molar-refractivity contribution is 0.0600. The molecular formula is C25H32N4O2. The summed E-state index contributed by atoms with van der Waals surface area (Å²) in [5, 5.41) is 4.88. The zero-order chi connectivity index (χ0) is 22.4. The smallest absolute Gasteiger partial charge is 0.337 e. The zero-order valence-corrected chi connectivity index (χ0v) is 19.1. The molecule has 0 saturated heterocycles. The number of hydrogen-bond acceptors (Lipinski definition) is 5. The quantitative estimate of drug-likeness (QED) is 0.492. The molecule has 1 aromatic heterocycles. The zero-order valence-electron chi connectivity index (χ0n) is 19.1. The summed E-state index contributed by atoms with van der Waals surface area (Å²) in [5.74, 6) is -0.354. The van der Waals surface area contributed by atoms with Gasteiger partial charge in [-0.15, -0.1) is 0 Å². The van der Waals surface area contributed by atoms with Gasteiger partial charge in [0.25, 0.3) is 0 Å². The maximum Gasteiger partial charge on any atom is 0.337 e.